The number of ether oxygens (including phenoxy) is 4. The van der Waals surface area contributed by atoms with Crippen LogP contribution in [0, 0.1) is 0 Å². The molecular formula is C30H36Cl2N4O4. The van der Waals surface area contributed by atoms with Crippen molar-refractivity contribution in [1.29, 1.82) is 0 Å². The van der Waals surface area contributed by atoms with E-state index >= 15 is 0 Å². The lowest BCUT2D eigenvalue weighted by molar-refractivity contribution is 0.168. The van der Waals surface area contributed by atoms with Gasteiger partial charge in [0.1, 0.15) is 36.9 Å². The van der Waals surface area contributed by atoms with Crippen LogP contribution in [0.2, 0.25) is 10.0 Å². The van der Waals surface area contributed by atoms with Gasteiger partial charge in [0, 0.05) is 17.9 Å². The minimum Gasteiger partial charge on any atom is -0.490 e. The minimum atomic E-state index is 0.0157. The van der Waals surface area contributed by atoms with E-state index in [1.807, 2.05) is 18.2 Å². The number of hydrogen-bond donors (Lipinski definition) is 2. The topological polar surface area (TPSA) is 114 Å². The molecule has 4 N–H and O–H groups in total. The van der Waals surface area contributed by atoms with E-state index in [2.05, 4.69) is 48.1 Å². The Labute approximate surface area is 245 Å². The van der Waals surface area contributed by atoms with Crippen LogP contribution in [0.25, 0.3) is 10.8 Å². The molecular weight excluding hydrogens is 551 g/mol. The fraction of sp³-hybridized carbons (Fsp3) is 0.400. The zero-order chi connectivity index (χ0) is 28.5. The highest BCUT2D eigenvalue weighted by molar-refractivity contribution is 6.35. The first-order valence-electron chi connectivity index (χ1n) is 13.5. The van der Waals surface area contributed by atoms with Crippen LogP contribution in [-0.4, -0.2) is 49.5 Å². The summed E-state index contributed by atoms with van der Waals surface area (Å²) in [4.78, 5) is 8.45. The van der Waals surface area contributed by atoms with Gasteiger partial charge in [0.2, 0.25) is 0 Å². The Bertz CT molecular complexity index is 1340. The Morgan fingerprint density at radius 3 is 1.95 bits per heavy atom. The summed E-state index contributed by atoms with van der Waals surface area (Å²) in [6.45, 7) is 5.25. The molecule has 3 aromatic rings. The van der Waals surface area contributed by atoms with E-state index in [0.717, 1.165) is 31.4 Å². The van der Waals surface area contributed by atoms with E-state index in [-0.39, 0.29) is 30.3 Å². The summed E-state index contributed by atoms with van der Waals surface area (Å²) in [6, 6.07) is 20.4. The fourth-order valence-electron chi connectivity index (χ4n) is 4.50. The van der Waals surface area contributed by atoms with Crippen LogP contribution < -0.4 is 20.9 Å². The maximum atomic E-state index is 6.10. The van der Waals surface area contributed by atoms with Gasteiger partial charge in [-0.15, -0.1) is 0 Å². The molecule has 40 heavy (non-hydrogen) atoms. The molecule has 0 amide bonds. The number of aliphatic imine (C=N–C) groups is 2. The number of rotatable bonds is 10. The maximum absolute atomic E-state index is 6.10. The van der Waals surface area contributed by atoms with Gasteiger partial charge >= 0.3 is 0 Å². The molecule has 0 fully saturated rings. The van der Waals surface area contributed by atoms with Crippen molar-refractivity contribution < 1.29 is 18.9 Å². The predicted molar refractivity (Wildman–Crippen MR) is 162 cm³/mol. The third-order valence-corrected chi connectivity index (χ3v) is 7.19. The maximum Gasteiger partial charge on any atom is 0.282 e. The molecule has 2 heterocycles. The lowest BCUT2D eigenvalue weighted by atomic mass is 10.1. The average Bonchev–Trinajstić information content (AvgIpc) is 3.56. The van der Waals surface area contributed by atoms with E-state index in [1.54, 1.807) is 18.2 Å². The van der Waals surface area contributed by atoms with Crippen molar-refractivity contribution in [3.63, 3.8) is 0 Å². The van der Waals surface area contributed by atoms with Crippen LogP contribution in [0.1, 0.15) is 39.5 Å². The standard InChI is InChI=1S/C17H20N2O2.C13H16Cl2N2O2/c1-2-15(10-14-11-20-17(18)19-14)21-16-8-7-12-5-3-4-6-13(12)9-16;1-2-10(6-9-7-18-13(16)17-9)19-12-4-3-8(14)5-11(12)15/h3-9,14-15H,2,10-11H2,1H3,(H2,18,19);3-5,9-10H,2,6-7H2,1H3,(H2,16,17)/t14-,15-;9-,10-/m00/s1. The summed E-state index contributed by atoms with van der Waals surface area (Å²) < 4.78 is 22.3. The highest BCUT2D eigenvalue weighted by Crippen LogP contribution is 2.30. The van der Waals surface area contributed by atoms with Gasteiger partial charge in [-0.25, -0.2) is 9.98 Å². The molecule has 0 saturated heterocycles. The van der Waals surface area contributed by atoms with Crippen molar-refractivity contribution in [2.24, 2.45) is 21.5 Å². The largest absolute Gasteiger partial charge is 0.490 e. The fourth-order valence-corrected chi connectivity index (χ4v) is 4.95. The quantitative estimate of drug-likeness (QED) is 0.286. The van der Waals surface area contributed by atoms with E-state index in [1.165, 1.54) is 10.8 Å². The highest BCUT2D eigenvalue weighted by atomic mass is 35.5. The molecule has 0 spiro atoms. The van der Waals surface area contributed by atoms with Gasteiger partial charge in [0.25, 0.3) is 12.0 Å². The number of halogens is 2. The molecule has 0 aliphatic carbocycles. The molecule has 3 aromatic carbocycles. The van der Waals surface area contributed by atoms with Gasteiger partial charge in [-0.1, -0.05) is 67.4 Å². The normalized spacial score (nSPS) is 19.4. The van der Waals surface area contributed by atoms with E-state index in [9.17, 15) is 0 Å². The van der Waals surface area contributed by atoms with E-state index in [4.69, 9.17) is 53.6 Å². The SMILES string of the molecule is CC[C@@H](C[C@H]1COC(N)=N1)Oc1ccc(Cl)cc1Cl.CC[C@@H](C[C@H]1COC(N)=N1)Oc1ccc2ccccc2c1. The number of nitrogens with two attached hydrogens (primary N) is 2. The summed E-state index contributed by atoms with van der Waals surface area (Å²) in [5.41, 5.74) is 11.0. The number of nitrogens with zero attached hydrogens (tertiary/aromatic N) is 2. The molecule has 5 rings (SSSR count). The van der Waals surface area contributed by atoms with E-state index in [0.29, 0.717) is 35.0 Å². The number of fused-ring (bicyclic) bond motifs is 1. The first-order chi connectivity index (χ1) is 19.3. The monoisotopic (exact) mass is 586 g/mol. The Balaban J connectivity index is 0.000000186. The molecule has 2 aliphatic heterocycles. The molecule has 0 aromatic heterocycles. The predicted octanol–water partition coefficient (Wildman–Crippen LogP) is 6.36. The summed E-state index contributed by atoms with van der Waals surface area (Å²) in [6.07, 6.45) is 3.49. The van der Waals surface area contributed by atoms with Gasteiger partial charge in [-0.2, -0.15) is 0 Å². The summed E-state index contributed by atoms with van der Waals surface area (Å²) in [7, 11) is 0. The Morgan fingerprint density at radius 1 is 0.800 bits per heavy atom. The van der Waals surface area contributed by atoms with Crippen LogP contribution in [0.3, 0.4) is 0 Å². The van der Waals surface area contributed by atoms with Gasteiger partial charge in [0.15, 0.2) is 0 Å². The molecule has 2 aliphatic rings. The van der Waals surface area contributed by atoms with Crippen LogP contribution in [0.4, 0.5) is 0 Å². The third-order valence-electron chi connectivity index (χ3n) is 6.66. The summed E-state index contributed by atoms with van der Waals surface area (Å²) in [5, 5.41) is 3.51. The van der Waals surface area contributed by atoms with Gasteiger partial charge < -0.3 is 30.4 Å². The van der Waals surface area contributed by atoms with Crippen molar-refractivity contribution in [3.8, 4) is 11.5 Å². The lowest BCUT2D eigenvalue weighted by Crippen LogP contribution is -2.22. The molecule has 0 saturated carbocycles. The van der Waals surface area contributed by atoms with Crippen LogP contribution in [-0.2, 0) is 9.47 Å². The van der Waals surface area contributed by atoms with Crippen molar-refractivity contribution in [2.75, 3.05) is 13.2 Å². The lowest BCUT2D eigenvalue weighted by Gasteiger charge is -2.19. The summed E-state index contributed by atoms with van der Waals surface area (Å²) in [5.74, 6) is 1.53. The number of hydrogen-bond acceptors (Lipinski definition) is 8. The van der Waals surface area contributed by atoms with Crippen molar-refractivity contribution in [1.82, 2.24) is 0 Å². The van der Waals surface area contributed by atoms with Crippen LogP contribution in [0.15, 0.2) is 70.6 Å². The number of amidine groups is 2. The molecule has 0 bridgehead atoms. The second-order valence-corrected chi connectivity index (χ2v) is 10.6. The van der Waals surface area contributed by atoms with Gasteiger partial charge in [-0.05, 0) is 53.9 Å². The zero-order valence-corrected chi connectivity index (χ0v) is 24.3. The van der Waals surface area contributed by atoms with Crippen molar-refractivity contribution in [3.05, 3.63) is 70.7 Å². The highest BCUT2D eigenvalue weighted by Gasteiger charge is 2.23. The first kappa shape index (κ1) is 29.6. The Hall–Kier alpha value is -3.36. The smallest absolute Gasteiger partial charge is 0.282 e. The second-order valence-electron chi connectivity index (χ2n) is 9.72. The molecule has 214 valence electrons. The average molecular weight is 588 g/mol. The number of benzene rings is 3. The Morgan fingerprint density at radius 2 is 1.40 bits per heavy atom. The van der Waals surface area contributed by atoms with Crippen molar-refractivity contribution in [2.45, 2.75) is 63.8 Å². The summed E-state index contributed by atoms with van der Waals surface area (Å²) >= 11 is 11.9. The molecule has 4 atom stereocenters. The third kappa shape index (κ3) is 8.57. The van der Waals surface area contributed by atoms with E-state index < -0.39 is 0 Å². The van der Waals surface area contributed by atoms with Crippen LogP contribution >= 0.6 is 23.2 Å². The molecule has 0 radical (unpaired) electrons. The first-order valence-corrected chi connectivity index (χ1v) is 14.3. The Kier molecular flexibility index (Phi) is 10.6. The molecule has 8 nitrogen and oxygen atoms in total. The molecule has 10 heteroatoms. The minimum absolute atomic E-state index is 0.0157. The second kappa shape index (κ2) is 14.3. The van der Waals surface area contributed by atoms with Crippen molar-refractivity contribution >= 4 is 46.0 Å². The van der Waals surface area contributed by atoms with Gasteiger partial charge in [0.05, 0.1) is 17.1 Å². The molecule has 0 unspecified atom stereocenters. The van der Waals surface area contributed by atoms with Gasteiger partial charge in [-0.3, -0.25) is 0 Å². The zero-order valence-electron chi connectivity index (χ0n) is 22.8. The van der Waals surface area contributed by atoms with Crippen LogP contribution in [0.5, 0.6) is 11.5 Å².